The van der Waals surface area contributed by atoms with Gasteiger partial charge in [0.25, 0.3) is 5.91 Å². The summed E-state index contributed by atoms with van der Waals surface area (Å²) < 4.78 is 39.7. The summed E-state index contributed by atoms with van der Waals surface area (Å²) in [4.78, 5) is 40.2. The van der Waals surface area contributed by atoms with Gasteiger partial charge < -0.3 is 20.5 Å². The fourth-order valence-corrected chi connectivity index (χ4v) is 3.19. The molecule has 1 aromatic heterocycles. The maximum absolute atomic E-state index is 14.6. The minimum atomic E-state index is -1.44. The SMILES string of the molecule is NC(=O)c1cc(Oc2cc(F)c(NC(=O)C3(C(=O)OCc4ccccc4)CC3)cc2F)ccn1. The quantitative estimate of drug-likeness (QED) is 0.385. The lowest BCUT2D eigenvalue weighted by Crippen LogP contribution is -2.33. The van der Waals surface area contributed by atoms with Crippen molar-refractivity contribution >= 4 is 23.5 Å². The summed E-state index contributed by atoms with van der Waals surface area (Å²) in [6.07, 6.45) is 1.70. The van der Waals surface area contributed by atoms with E-state index in [1.54, 1.807) is 24.3 Å². The van der Waals surface area contributed by atoms with Crippen molar-refractivity contribution in [1.82, 2.24) is 4.98 Å². The molecule has 0 saturated heterocycles. The third kappa shape index (κ3) is 4.85. The Bertz CT molecular complexity index is 1260. The monoisotopic (exact) mass is 467 g/mol. The molecule has 3 aromatic rings. The zero-order valence-corrected chi connectivity index (χ0v) is 17.7. The fraction of sp³-hybridized carbons (Fsp3) is 0.167. The highest BCUT2D eigenvalue weighted by Crippen LogP contribution is 2.48. The molecule has 0 unspecified atom stereocenters. The average Bonchev–Trinajstić information content (AvgIpc) is 3.64. The largest absolute Gasteiger partial charge is 0.460 e. The molecule has 0 aliphatic heterocycles. The van der Waals surface area contributed by atoms with Crippen LogP contribution >= 0.6 is 0 Å². The van der Waals surface area contributed by atoms with Crippen LogP contribution in [-0.2, 0) is 20.9 Å². The number of anilines is 1. The van der Waals surface area contributed by atoms with Crippen molar-refractivity contribution in [3.8, 4) is 11.5 Å². The zero-order valence-electron chi connectivity index (χ0n) is 17.7. The molecule has 0 bridgehead atoms. The summed E-state index contributed by atoms with van der Waals surface area (Å²) in [5.74, 6) is -4.76. The van der Waals surface area contributed by atoms with Crippen molar-refractivity contribution < 1.29 is 32.6 Å². The van der Waals surface area contributed by atoms with E-state index in [2.05, 4.69) is 10.3 Å². The number of pyridine rings is 1. The molecule has 34 heavy (non-hydrogen) atoms. The second-order valence-electron chi connectivity index (χ2n) is 7.70. The topological polar surface area (TPSA) is 121 Å². The molecule has 3 N–H and O–H groups in total. The lowest BCUT2D eigenvalue weighted by molar-refractivity contribution is -0.154. The van der Waals surface area contributed by atoms with E-state index in [9.17, 15) is 23.2 Å². The molecule has 1 saturated carbocycles. The van der Waals surface area contributed by atoms with Crippen molar-refractivity contribution in [3.63, 3.8) is 0 Å². The van der Waals surface area contributed by atoms with Crippen molar-refractivity contribution in [2.45, 2.75) is 19.4 Å². The molecule has 1 aliphatic carbocycles. The molecule has 4 rings (SSSR count). The van der Waals surface area contributed by atoms with Gasteiger partial charge >= 0.3 is 5.97 Å². The Morgan fingerprint density at radius 2 is 1.76 bits per heavy atom. The van der Waals surface area contributed by atoms with E-state index in [4.69, 9.17) is 15.2 Å². The van der Waals surface area contributed by atoms with Gasteiger partial charge in [-0.05, 0) is 24.5 Å². The maximum Gasteiger partial charge on any atom is 0.321 e. The lowest BCUT2D eigenvalue weighted by Gasteiger charge is -2.16. The van der Waals surface area contributed by atoms with Crippen LogP contribution in [0.25, 0.3) is 0 Å². The Morgan fingerprint density at radius 3 is 2.44 bits per heavy atom. The first-order valence-electron chi connectivity index (χ1n) is 10.2. The number of carbonyl (C=O) groups is 3. The molecule has 0 spiro atoms. The third-order valence-electron chi connectivity index (χ3n) is 5.27. The summed E-state index contributed by atoms with van der Waals surface area (Å²) in [6.45, 7) is -0.00377. The number of rotatable bonds is 8. The molecule has 1 aliphatic rings. The minimum Gasteiger partial charge on any atom is -0.460 e. The van der Waals surface area contributed by atoms with E-state index in [1.165, 1.54) is 18.3 Å². The van der Waals surface area contributed by atoms with Crippen LogP contribution in [0.1, 0.15) is 28.9 Å². The number of benzene rings is 2. The van der Waals surface area contributed by atoms with E-state index in [0.29, 0.717) is 0 Å². The minimum absolute atomic E-state index is 0.00377. The van der Waals surface area contributed by atoms with Gasteiger partial charge in [0.2, 0.25) is 5.91 Å². The molecule has 2 aromatic carbocycles. The predicted molar refractivity (Wildman–Crippen MR) is 116 cm³/mol. The molecule has 8 nitrogen and oxygen atoms in total. The molecule has 1 fully saturated rings. The molecule has 174 valence electrons. The van der Waals surface area contributed by atoms with Gasteiger partial charge in [0.1, 0.15) is 23.5 Å². The van der Waals surface area contributed by atoms with Gasteiger partial charge in [-0.1, -0.05) is 30.3 Å². The summed E-state index contributed by atoms with van der Waals surface area (Å²) in [5.41, 5.74) is 3.90. The van der Waals surface area contributed by atoms with E-state index in [0.717, 1.165) is 17.7 Å². The Kier molecular flexibility index (Phi) is 6.22. The summed E-state index contributed by atoms with van der Waals surface area (Å²) >= 11 is 0. The number of nitrogens with one attached hydrogen (secondary N) is 1. The van der Waals surface area contributed by atoms with Gasteiger partial charge in [-0.2, -0.15) is 0 Å². The molecule has 10 heteroatoms. The molecule has 2 amide bonds. The highest BCUT2D eigenvalue weighted by atomic mass is 19.1. The normalized spacial score (nSPS) is 13.6. The number of primary amides is 1. The van der Waals surface area contributed by atoms with Crippen LogP contribution in [-0.4, -0.2) is 22.8 Å². The Labute approximate surface area is 192 Å². The molecule has 1 heterocycles. The number of carbonyl (C=O) groups excluding carboxylic acids is 3. The van der Waals surface area contributed by atoms with Gasteiger partial charge in [0, 0.05) is 24.4 Å². The highest BCUT2D eigenvalue weighted by Gasteiger charge is 2.58. The van der Waals surface area contributed by atoms with Gasteiger partial charge in [-0.25, -0.2) is 8.78 Å². The summed E-state index contributed by atoms with van der Waals surface area (Å²) in [7, 11) is 0. The van der Waals surface area contributed by atoms with Crippen LogP contribution in [0.15, 0.2) is 60.8 Å². The van der Waals surface area contributed by atoms with E-state index < -0.39 is 46.3 Å². The second-order valence-corrected chi connectivity index (χ2v) is 7.70. The van der Waals surface area contributed by atoms with Gasteiger partial charge in [-0.15, -0.1) is 0 Å². The van der Waals surface area contributed by atoms with E-state index >= 15 is 0 Å². The third-order valence-corrected chi connectivity index (χ3v) is 5.27. The predicted octanol–water partition coefficient (Wildman–Crippen LogP) is 3.71. The van der Waals surface area contributed by atoms with Crippen molar-refractivity contribution in [3.05, 3.63) is 83.7 Å². The Hall–Kier alpha value is -4.34. The van der Waals surface area contributed by atoms with Crippen molar-refractivity contribution in [2.24, 2.45) is 11.1 Å². The Morgan fingerprint density at radius 1 is 1.03 bits per heavy atom. The first-order chi connectivity index (χ1) is 16.3. The first kappa shape index (κ1) is 22.8. The number of aromatic nitrogens is 1. The summed E-state index contributed by atoms with van der Waals surface area (Å²) in [6, 6.07) is 12.9. The molecule has 0 radical (unpaired) electrons. The number of esters is 1. The zero-order chi connectivity index (χ0) is 24.3. The van der Waals surface area contributed by atoms with Crippen molar-refractivity contribution in [2.75, 3.05) is 5.32 Å². The Balaban J connectivity index is 1.44. The first-order valence-corrected chi connectivity index (χ1v) is 10.2. The second kappa shape index (κ2) is 9.26. The fourth-order valence-electron chi connectivity index (χ4n) is 3.19. The van der Waals surface area contributed by atoms with Crippen LogP contribution in [0.2, 0.25) is 0 Å². The lowest BCUT2D eigenvalue weighted by atomic mass is 10.1. The van der Waals surface area contributed by atoms with Crippen LogP contribution in [0.4, 0.5) is 14.5 Å². The van der Waals surface area contributed by atoms with Gasteiger partial charge in [0.05, 0.1) is 5.69 Å². The smallest absolute Gasteiger partial charge is 0.321 e. The number of halogens is 2. The van der Waals surface area contributed by atoms with E-state index in [1.807, 2.05) is 6.07 Å². The molecular formula is C24H19F2N3O5. The van der Waals surface area contributed by atoms with E-state index in [-0.39, 0.29) is 30.9 Å². The number of nitrogens with zero attached hydrogens (tertiary/aromatic N) is 1. The maximum atomic E-state index is 14.6. The summed E-state index contributed by atoms with van der Waals surface area (Å²) in [5, 5.41) is 2.27. The number of nitrogens with two attached hydrogens (primary N) is 1. The molecule has 0 atom stereocenters. The van der Waals surface area contributed by atoms with Gasteiger partial charge in [-0.3, -0.25) is 19.4 Å². The molecular weight excluding hydrogens is 448 g/mol. The number of hydrogen-bond acceptors (Lipinski definition) is 6. The highest BCUT2D eigenvalue weighted by molar-refractivity contribution is 6.11. The number of hydrogen-bond donors (Lipinski definition) is 2. The van der Waals surface area contributed by atoms with Crippen molar-refractivity contribution in [1.29, 1.82) is 0 Å². The van der Waals surface area contributed by atoms with Crippen LogP contribution in [0, 0.1) is 17.0 Å². The van der Waals surface area contributed by atoms with Crippen LogP contribution in [0.5, 0.6) is 11.5 Å². The number of amides is 2. The standard InChI is InChI=1S/C24H19F2N3O5/c25-16-12-20(34-15-6-9-28-19(10-15)21(27)30)17(26)11-18(16)29-22(31)24(7-8-24)23(32)33-13-14-4-2-1-3-5-14/h1-6,9-12H,7-8,13H2,(H2,27,30)(H,29,31). The van der Waals surface area contributed by atoms with Crippen LogP contribution < -0.4 is 15.8 Å². The number of ether oxygens (including phenoxy) is 2. The van der Waals surface area contributed by atoms with Gasteiger partial charge in [0.15, 0.2) is 17.4 Å². The average molecular weight is 467 g/mol. The van der Waals surface area contributed by atoms with Crippen LogP contribution in [0.3, 0.4) is 0 Å².